The Kier molecular flexibility index (Phi) is 4.12. The number of nitrogens with zero attached hydrogens (tertiary/aromatic N) is 2. The number of hydrogen-bond acceptors (Lipinski definition) is 3. The van der Waals surface area contributed by atoms with Crippen LogP contribution >= 0.6 is 0 Å². The average Bonchev–Trinajstić information content (AvgIpc) is 2.63. The molecular weight excluding hydrogens is 267 g/mol. The van der Waals surface area contributed by atoms with Crippen LogP contribution in [0.1, 0.15) is 39.1 Å². The first-order chi connectivity index (χ1) is 8.01. The molecule has 0 aliphatic rings. The highest BCUT2D eigenvalue weighted by Crippen LogP contribution is 2.28. The van der Waals surface area contributed by atoms with E-state index in [2.05, 4.69) is 9.50 Å². The van der Waals surface area contributed by atoms with Gasteiger partial charge in [0.15, 0.2) is 0 Å². The van der Waals surface area contributed by atoms with Gasteiger partial charge < -0.3 is 4.55 Å². The fourth-order valence-electron chi connectivity index (χ4n) is 0.960. The predicted octanol–water partition coefficient (Wildman–Crippen LogP) is 2.70. The number of aromatic amines is 1. The number of H-pyrrole nitrogens is 1. The van der Waals surface area contributed by atoms with Gasteiger partial charge >= 0.3 is 6.18 Å². The van der Waals surface area contributed by atoms with Gasteiger partial charge in [-0.3, -0.25) is 5.10 Å². The summed E-state index contributed by atoms with van der Waals surface area (Å²) in [6.07, 6.45) is -4.48. The normalized spacial score (nSPS) is 15.9. The van der Waals surface area contributed by atoms with Crippen LogP contribution in [-0.4, -0.2) is 25.2 Å². The molecule has 8 heteroatoms. The Morgan fingerprint density at radius 1 is 1.39 bits per heavy atom. The van der Waals surface area contributed by atoms with Gasteiger partial charge in [-0.1, -0.05) is 4.40 Å². The molecule has 1 aromatic rings. The van der Waals surface area contributed by atoms with Crippen molar-refractivity contribution in [3.63, 3.8) is 0 Å². The third-order valence-corrected chi connectivity index (χ3v) is 3.49. The highest BCUT2D eigenvalue weighted by atomic mass is 32.2. The van der Waals surface area contributed by atoms with Gasteiger partial charge in [-0.2, -0.15) is 18.3 Å². The molecule has 18 heavy (non-hydrogen) atoms. The standard InChI is InChI=1S/C10H14F3N3OS/c1-6(16-18(17)9(2,3)4)7-5-8(15-14-7)10(11,12)13/h5H,1-4H3,(H,14,15). The molecule has 0 aromatic carbocycles. The topological polar surface area (TPSA) is 64.1 Å². The molecule has 1 N–H and O–H groups in total. The van der Waals surface area contributed by atoms with E-state index < -0.39 is 28.0 Å². The summed E-state index contributed by atoms with van der Waals surface area (Å²) in [5.74, 6) is 0. The van der Waals surface area contributed by atoms with Crippen molar-refractivity contribution < 1.29 is 17.7 Å². The molecule has 1 rings (SSSR count). The molecule has 0 aliphatic carbocycles. The van der Waals surface area contributed by atoms with Crippen LogP contribution in [0.15, 0.2) is 10.5 Å². The molecule has 102 valence electrons. The fraction of sp³-hybridized carbons (Fsp3) is 0.600. The van der Waals surface area contributed by atoms with Crippen LogP contribution in [0, 0.1) is 0 Å². The van der Waals surface area contributed by atoms with Gasteiger partial charge in [0, 0.05) is 0 Å². The lowest BCUT2D eigenvalue weighted by Crippen LogP contribution is -2.26. The zero-order chi connectivity index (χ0) is 14.1. The minimum atomic E-state index is -4.48. The Morgan fingerprint density at radius 3 is 2.33 bits per heavy atom. The predicted molar refractivity (Wildman–Crippen MR) is 63.7 cm³/mol. The monoisotopic (exact) mass is 281 g/mol. The van der Waals surface area contributed by atoms with Crippen LogP contribution in [0.5, 0.6) is 0 Å². The lowest BCUT2D eigenvalue weighted by atomic mass is 10.3. The van der Waals surface area contributed by atoms with Gasteiger partial charge in [0.05, 0.1) is 0 Å². The molecule has 0 fully saturated rings. The quantitative estimate of drug-likeness (QED) is 0.669. The van der Waals surface area contributed by atoms with Crippen molar-refractivity contribution >= 4 is 17.1 Å². The van der Waals surface area contributed by atoms with E-state index in [0.29, 0.717) is 0 Å². The maximum absolute atomic E-state index is 12.3. The lowest BCUT2D eigenvalue weighted by molar-refractivity contribution is -0.141. The molecule has 0 amide bonds. The Hall–Kier alpha value is -1.02. The van der Waals surface area contributed by atoms with Crippen LogP contribution in [0.2, 0.25) is 0 Å². The number of rotatable bonds is 2. The Bertz CT molecular complexity index is 448. The maximum Gasteiger partial charge on any atom is 0.432 e. The van der Waals surface area contributed by atoms with E-state index >= 15 is 0 Å². The highest BCUT2D eigenvalue weighted by Gasteiger charge is 2.33. The third kappa shape index (κ3) is 3.74. The van der Waals surface area contributed by atoms with Gasteiger partial charge in [0.25, 0.3) is 0 Å². The second kappa shape index (κ2) is 4.93. The Balaban J connectivity index is 2.95. The maximum atomic E-state index is 12.3. The summed E-state index contributed by atoms with van der Waals surface area (Å²) in [4.78, 5) is 0. The molecule has 1 heterocycles. The zero-order valence-electron chi connectivity index (χ0n) is 10.4. The van der Waals surface area contributed by atoms with Crippen molar-refractivity contribution in [2.75, 3.05) is 0 Å². The van der Waals surface area contributed by atoms with Crippen LogP contribution < -0.4 is 0 Å². The summed E-state index contributed by atoms with van der Waals surface area (Å²) in [5.41, 5.74) is -0.705. The van der Waals surface area contributed by atoms with Crippen molar-refractivity contribution in [3.8, 4) is 0 Å². The smallest absolute Gasteiger partial charge is 0.432 e. The van der Waals surface area contributed by atoms with Crippen LogP contribution in [0.25, 0.3) is 0 Å². The van der Waals surface area contributed by atoms with E-state index in [-0.39, 0.29) is 11.4 Å². The first-order valence-electron chi connectivity index (χ1n) is 5.12. The molecule has 4 nitrogen and oxygen atoms in total. The summed E-state index contributed by atoms with van der Waals surface area (Å²) < 4.78 is 52.0. The van der Waals surface area contributed by atoms with Gasteiger partial charge in [0.2, 0.25) is 0 Å². The van der Waals surface area contributed by atoms with Crippen molar-refractivity contribution in [1.82, 2.24) is 10.2 Å². The number of halogens is 3. The van der Waals surface area contributed by atoms with Gasteiger partial charge in [0.1, 0.15) is 33.2 Å². The average molecular weight is 281 g/mol. The van der Waals surface area contributed by atoms with E-state index in [4.69, 9.17) is 0 Å². The summed E-state index contributed by atoms with van der Waals surface area (Å²) in [6, 6.07) is 0.846. The van der Waals surface area contributed by atoms with Crippen molar-refractivity contribution in [2.45, 2.75) is 38.6 Å². The molecule has 1 aromatic heterocycles. The number of alkyl halides is 3. The number of aromatic nitrogens is 2. The van der Waals surface area contributed by atoms with E-state index in [1.807, 2.05) is 5.10 Å². The Morgan fingerprint density at radius 2 is 1.94 bits per heavy atom. The minimum Gasteiger partial charge on any atom is -0.591 e. The number of nitrogens with one attached hydrogen (secondary N) is 1. The highest BCUT2D eigenvalue weighted by molar-refractivity contribution is 7.91. The molecule has 1 unspecified atom stereocenters. The summed E-state index contributed by atoms with van der Waals surface area (Å²) in [5, 5.41) is 5.39. The number of hydrogen-bond donors (Lipinski definition) is 1. The van der Waals surface area contributed by atoms with E-state index in [0.717, 1.165) is 6.07 Å². The van der Waals surface area contributed by atoms with Crippen molar-refractivity contribution in [3.05, 3.63) is 17.5 Å². The molecule has 0 saturated heterocycles. The van der Waals surface area contributed by atoms with Gasteiger partial charge in [-0.25, -0.2) is 0 Å². The Labute approximate surface area is 106 Å². The summed E-state index contributed by atoms with van der Waals surface area (Å²) in [7, 11) is 0. The van der Waals surface area contributed by atoms with E-state index in [1.54, 1.807) is 20.8 Å². The van der Waals surface area contributed by atoms with Crippen molar-refractivity contribution in [2.24, 2.45) is 4.40 Å². The van der Waals surface area contributed by atoms with Gasteiger partial charge in [-0.05, 0) is 33.8 Å². The second-order valence-electron chi connectivity index (χ2n) is 4.70. The lowest BCUT2D eigenvalue weighted by Gasteiger charge is -2.18. The molecular formula is C10H14F3N3OS. The van der Waals surface area contributed by atoms with Crippen molar-refractivity contribution in [1.29, 1.82) is 0 Å². The first kappa shape index (κ1) is 15.0. The zero-order valence-corrected chi connectivity index (χ0v) is 11.2. The summed E-state index contributed by atoms with van der Waals surface area (Å²) >= 11 is -1.53. The van der Waals surface area contributed by atoms with Crippen LogP contribution in [0.4, 0.5) is 13.2 Å². The first-order valence-corrected chi connectivity index (χ1v) is 6.23. The molecule has 0 radical (unpaired) electrons. The molecule has 0 spiro atoms. The molecule has 0 aliphatic heterocycles. The van der Waals surface area contributed by atoms with E-state index in [1.165, 1.54) is 6.92 Å². The molecule has 0 bridgehead atoms. The van der Waals surface area contributed by atoms with E-state index in [9.17, 15) is 17.7 Å². The van der Waals surface area contributed by atoms with Crippen LogP contribution in [-0.2, 0) is 17.5 Å². The SMILES string of the molecule is CC(=N[S+]([O-])C(C)(C)C)c1cc(C(F)(F)F)[nH]n1. The van der Waals surface area contributed by atoms with Crippen LogP contribution in [0.3, 0.4) is 0 Å². The summed E-state index contributed by atoms with van der Waals surface area (Å²) in [6.45, 7) is 6.66. The largest absolute Gasteiger partial charge is 0.591 e. The fourth-order valence-corrected chi connectivity index (χ4v) is 1.58. The molecule has 1 atom stereocenters. The third-order valence-electron chi connectivity index (χ3n) is 2.00. The van der Waals surface area contributed by atoms with Gasteiger partial charge in [-0.15, -0.1) is 0 Å². The molecule has 0 saturated carbocycles. The second-order valence-corrected chi connectivity index (χ2v) is 6.61. The minimum absolute atomic E-state index is 0.0416.